The van der Waals surface area contributed by atoms with Crippen LogP contribution < -0.4 is 10.1 Å². The molecule has 0 amide bonds. The minimum Gasteiger partial charge on any atom is -0.497 e. The summed E-state index contributed by atoms with van der Waals surface area (Å²) in [4.78, 5) is 0. The Bertz CT molecular complexity index is 465. The molecule has 0 aliphatic carbocycles. The maximum Gasteiger partial charge on any atom is 0.170 e. The Hall–Kier alpha value is -1.95. The van der Waals surface area contributed by atoms with Gasteiger partial charge in [0, 0.05) is 0 Å². The minimum absolute atomic E-state index is 0.648. The zero-order valence-corrected chi connectivity index (χ0v) is 9.92. The number of hydrogen-bond donors (Lipinski definition) is 1. The van der Waals surface area contributed by atoms with Crippen molar-refractivity contribution in [3.8, 4) is 11.4 Å². The Kier molecular flexibility index (Phi) is 3.66. The van der Waals surface area contributed by atoms with Crippen molar-refractivity contribution in [1.82, 2.24) is 25.5 Å². The fourth-order valence-corrected chi connectivity index (χ4v) is 1.48. The second kappa shape index (κ2) is 5.40. The number of rotatable bonds is 5. The van der Waals surface area contributed by atoms with Crippen molar-refractivity contribution >= 4 is 0 Å². The first-order valence-electron chi connectivity index (χ1n) is 5.47. The van der Waals surface area contributed by atoms with Gasteiger partial charge in [0.1, 0.15) is 5.75 Å². The Morgan fingerprint density at radius 1 is 1.29 bits per heavy atom. The van der Waals surface area contributed by atoms with Crippen LogP contribution in [0.4, 0.5) is 0 Å². The number of methoxy groups -OCH3 is 1. The summed E-state index contributed by atoms with van der Waals surface area (Å²) in [6.07, 6.45) is 0. The number of benzene rings is 1. The van der Waals surface area contributed by atoms with Gasteiger partial charge in [0.25, 0.3) is 0 Å². The zero-order valence-electron chi connectivity index (χ0n) is 9.92. The lowest BCUT2D eigenvalue weighted by Crippen LogP contribution is -2.16. The van der Waals surface area contributed by atoms with E-state index >= 15 is 0 Å². The van der Waals surface area contributed by atoms with Crippen molar-refractivity contribution < 1.29 is 4.74 Å². The highest BCUT2D eigenvalue weighted by atomic mass is 16.5. The lowest BCUT2D eigenvalue weighted by molar-refractivity contribution is 0.414. The standard InChI is InChI=1S/C11H15N5O/c1-3-12-8-11-13-14-15-16(11)9-4-6-10(17-2)7-5-9/h4-7,12H,3,8H2,1-2H3. The van der Waals surface area contributed by atoms with E-state index in [4.69, 9.17) is 4.74 Å². The number of tetrazole rings is 1. The first-order chi connectivity index (χ1) is 8.35. The van der Waals surface area contributed by atoms with Crippen molar-refractivity contribution in [2.45, 2.75) is 13.5 Å². The summed E-state index contributed by atoms with van der Waals surface area (Å²) in [5, 5.41) is 14.8. The van der Waals surface area contributed by atoms with Gasteiger partial charge in [-0.15, -0.1) is 5.10 Å². The van der Waals surface area contributed by atoms with Gasteiger partial charge >= 0.3 is 0 Å². The lowest BCUT2D eigenvalue weighted by atomic mass is 10.3. The summed E-state index contributed by atoms with van der Waals surface area (Å²) in [7, 11) is 1.64. The van der Waals surface area contributed by atoms with E-state index in [1.807, 2.05) is 31.2 Å². The van der Waals surface area contributed by atoms with Crippen LogP contribution in [0, 0.1) is 0 Å². The number of hydrogen-bond acceptors (Lipinski definition) is 5. The average molecular weight is 233 g/mol. The molecule has 0 bridgehead atoms. The van der Waals surface area contributed by atoms with E-state index in [9.17, 15) is 0 Å². The maximum absolute atomic E-state index is 5.11. The van der Waals surface area contributed by atoms with Gasteiger partial charge in [-0.25, -0.2) is 0 Å². The SMILES string of the molecule is CCNCc1nnnn1-c1ccc(OC)cc1. The van der Waals surface area contributed by atoms with E-state index in [0.717, 1.165) is 23.8 Å². The molecule has 0 atom stereocenters. The van der Waals surface area contributed by atoms with Gasteiger partial charge in [-0.05, 0) is 41.2 Å². The highest BCUT2D eigenvalue weighted by Gasteiger charge is 2.07. The molecule has 0 saturated carbocycles. The van der Waals surface area contributed by atoms with Crippen LogP contribution >= 0.6 is 0 Å². The van der Waals surface area contributed by atoms with Gasteiger partial charge in [0.15, 0.2) is 5.82 Å². The Labute approximate surface area is 99.6 Å². The second-order valence-corrected chi connectivity index (χ2v) is 3.49. The Morgan fingerprint density at radius 2 is 2.06 bits per heavy atom. The van der Waals surface area contributed by atoms with Gasteiger partial charge in [0.2, 0.25) is 0 Å². The molecule has 90 valence electrons. The highest BCUT2D eigenvalue weighted by molar-refractivity contribution is 5.36. The molecule has 0 unspecified atom stereocenters. The normalized spacial score (nSPS) is 10.5. The molecular weight excluding hydrogens is 218 g/mol. The second-order valence-electron chi connectivity index (χ2n) is 3.49. The topological polar surface area (TPSA) is 64.9 Å². The molecule has 6 nitrogen and oxygen atoms in total. The molecule has 17 heavy (non-hydrogen) atoms. The van der Waals surface area contributed by atoms with Gasteiger partial charge in [0.05, 0.1) is 19.3 Å². The van der Waals surface area contributed by atoms with Crippen LogP contribution in [0.3, 0.4) is 0 Å². The van der Waals surface area contributed by atoms with E-state index in [1.54, 1.807) is 11.8 Å². The van der Waals surface area contributed by atoms with Crippen molar-refractivity contribution in [2.75, 3.05) is 13.7 Å². The van der Waals surface area contributed by atoms with Gasteiger partial charge in [-0.1, -0.05) is 6.92 Å². The predicted octanol–water partition coefficient (Wildman–Crippen LogP) is 0.780. The first kappa shape index (κ1) is 11.5. The third-order valence-electron chi connectivity index (χ3n) is 2.38. The summed E-state index contributed by atoms with van der Waals surface area (Å²) in [6, 6.07) is 7.61. The molecule has 2 aromatic rings. The number of aromatic nitrogens is 4. The third-order valence-corrected chi connectivity index (χ3v) is 2.38. The molecule has 1 aromatic heterocycles. The van der Waals surface area contributed by atoms with Crippen LogP contribution in [0.2, 0.25) is 0 Å². The van der Waals surface area contributed by atoms with E-state index in [0.29, 0.717) is 6.54 Å². The van der Waals surface area contributed by atoms with Crippen LogP contribution in [0.1, 0.15) is 12.7 Å². The predicted molar refractivity (Wildman–Crippen MR) is 63.1 cm³/mol. The molecule has 0 aliphatic rings. The molecule has 1 aromatic carbocycles. The molecule has 1 N–H and O–H groups in total. The van der Waals surface area contributed by atoms with Gasteiger partial charge in [-0.2, -0.15) is 4.68 Å². The van der Waals surface area contributed by atoms with Crippen LogP contribution in [-0.2, 0) is 6.54 Å². The highest BCUT2D eigenvalue weighted by Crippen LogP contribution is 2.14. The lowest BCUT2D eigenvalue weighted by Gasteiger charge is -2.05. The van der Waals surface area contributed by atoms with Crippen LogP contribution in [0.15, 0.2) is 24.3 Å². The Balaban J connectivity index is 2.23. The summed E-state index contributed by atoms with van der Waals surface area (Å²) < 4.78 is 6.82. The van der Waals surface area contributed by atoms with Gasteiger partial charge < -0.3 is 10.1 Å². The molecule has 0 spiro atoms. The van der Waals surface area contributed by atoms with E-state index in [-0.39, 0.29) is 0 Å². The summed E-state index contributed by atoms with van der Waals surface area (Å²) in [6.45, 7) is 3.58. The molecule has 1 heterocycles. The van der Waals surface area contributed by atoms with Crippen LogP contribution in [-0.4, -0.2) is 33.9 Å². The number of nitrogens with one attached hydrogen (secondary N) is 1. The third kappa shape index (κ3) is 2.59. The largest absolute Gasteiger partial charge is 0.497 e. The zero-order chi connectivity index (χ0) is 12.1. The quantitative estimate of drug-likeness (QED) is 0.826. The van der Waals surface area contributed by atoms with Crippen LogP contribution in [0.5, 0.6) is 5.75 Å². The minimum atomic E-state index is 0.648. The average Bonchev–Trinajstić information content (AvgIpc) is 2.84. The van der Waals surface area contributed by atoms with Crippen molar-refractivity contribution in [3.63, 3.8) is 0 Å². The molecular formula is C11H15N5O. The summed E-state index contributed by atoms with van der Waals surface area (Å²) in [5.41, 5.74) is 0.920. The summed E-state index contributed by atoms with van der Waals surface area (Å²) in [5.74, 6) is 1.60. The molecule has 2 rings (SSSR count). The molecule has 0 fully saturated rings. The molecule has 0 radical (unpaired) electrons. The smallest absolute Gasteiger partial charge is 0.170 e. The fraction of sp³-hybridized carbons (Fsp3) is 0.364. The molecule has 0 aliphatic heterocycles. The van der Waals surface area contributed by atoms with E-state index in [1.165, 1.54) is 0 Å². The fourth-order valence-electron chi connectivity index (χ4n) is 1.48. The summed E-state index contributed by atoms with van der Waals surface area (Å²) >= 11 is 0. The van der Waals surface area contributed by atoms with Crippen molar-refractivity contribution in [1.29, 1.82) is 0 Å². The monoisotopic (exact) mass is 233 g/mol. The maximum atomic E-state index is 5.11. The number of ether oxygens (including phenoxy) is 1. The molecule has 6 heteroatoms. The Morgan fingerprint density at radius 3 is 2.71 bits per heavy atom. The van der Waals surface area contributed by atoms with Crippen molar-refractivity contribution in [2.24, 2.45) is 0 Å². The number of nitrogens with zero attached hydrogens (tertiary/aromatic N) is 4. The van der Waals surface area contributed by atoms with Crippen LogP contribution in [0.25, 0.3) is 5.69 Å². The van der Waals surface area contributed by atoms with Crippen molar-refractivity contribution in [3.05, 3.63) is 30.1 Å². The van der Waals surface area contributed by atoms with E-state index in [2.05, 4.69) is 20.8 Å². The first-order valence-corrected chi connectivity index (χ1v) is 5.47. The van der Waals surface area contributed by atoms with Gasteiger partial charge in [-0.3, -0.25) is 0 Å². The van der Waals surface area contributed by atoms with E-state index < -0.39 is 0 Å². The molecule has 0 saturated heterocycles.